The van der Waals surface area contributed by atoms with Crippen molar-refractivity contribution < 1.29 is 18.0 Å². The summed E-state index contributed by atoms with van der Waals surface area (Å²) in [7, 11) is 0. The van der Waals surface area contributed by atoms with E-state index in [2.05, 4.69) is 25.3 Å². The minimum Gasteiger partial charge on any atom is -0.417 e. The lowest BCUT2D eigenvalue weighted by atomic mass is 9.99. The van der Waals surface area contributed by atoms with Crippen LogP contribution in [0.1, 0.15) is 51.7 Å². The molecule has 0 radical (unpaired) electrons. The first-order chi connectivity index (χ1) is 14.0. The molecule has 0 spiro atoms. The number of fused-ring (bicyclic) bond motifs is 2. The molecule has 5 heterocycles. The number of aromatic amines is 1. The molecule has 1 atom stereocenters. The topological polar surface area (TPSA) is 105 Å². The third-order valence-corrected chi connectivity index (χ3v) is 4.96. The van der Waals surface area contributed by atoms with E-state index in [9.17, 15) is 13.6 Å². The van der Waals surface area contributed by atoms with Gasteiger partial charge < -0.3 is 14.3 Å². The van der Waals surface area contributed by atoms with E-state index in [1.54, 1.807) is 25.5 Å². The van der Waals surface area contributed by atoms with Crippen LogP contribution < -0.4 is 0 Å². The number of carbonyl (C=O) groups is 1. The Morgan fingerprint density at radius 1 is 1.38 bits per heavy atom. The molecule has 0 fully saturated rings. The number of H-pyrrole nitrogens is 1. The minimum absolute atomic E-state index is 0.130. The number of carbonyl (C=O) groups excluding carboxylic acids is 1. The number of aromatic nitrogens is 6. The van der Waals surface area contributed by atoms with Gasteiger partial charge in [0.15, 0.2) is 0 Å². The largest absolute Gasteiger partial charge is 0.417 e. The van der Waals surface area contributed by atoms with Gasteiger partial charge in [-0.2, -0.15) is 5.10 Å². The first kappa shape index (κ1) is 17.5. The number of nitrogens with zero attached hydrogens (tertiary/aromatic N) is 6. The zero-order valence-corrected chi connectivity index (χ0v) is 15.2. The Hall–Kier alpha value is -3.63. The molecule has 1 N–H and O–H groups in total. The maximum atomic E-state index is 13.4. The summed E-state index contributed by atoms with van der Waals surface area (Å²) in [5.74, 6) is -0.324. The van der Waals surface area contributed by atoms with Crippen LogP contribution in [0.15, 0.2) is 35.1 Å². The molecule has 1 aliphatic heterocycles. The first-order valence-corrected chi connectivity index (χ1v) is 8.92. The van der Waals surface area contributed by atoms with Crippen molar-refractivity contribution in [3.05, 3.63) is 65.1 Å². The van der Waals surface area contributed by atoms with Crippen molar-refractivity contribution in [1.82, 2.24) is 34.7 Å². The van der Waals surface area contributed by atoms with E-state index in [1.165, 1.54) is 21.5 Å². The van der Waals surface area contributed by atoms with E-state index in [4.69, 9.17) is 4.42 Å². The highest BCUT2D eigenvalue weighted by molar-refractivity contribution is 5.90. The normalized spacial score (nSPS) is 16.6. The van der Waals surface area contributed by atoms with Crippen LogP contribution in [-0.4, -0.2) is 47.1 Å². The average molecular weight is 399 g/mol. The predicted octanol–water partition coefficient (Wildman–Crippen LogP) is 2.47. The smallest absolute Gasteiger partial charge is 0.312 e. The van der Waals surface area contributed by atoms with Crippen molar-refractivity contribution in [2.24, 2.45) is 0 Å². The number of nitrogens with one attached hydrogen (secondary N) is 1. The maximum absolute atomic E-state index is 13.4. The summed E-state index contributed by atoms with van der Waals surface area (Å²) < 4.78 is 33.5. The van der Waals surface area contributed by atoms with E-state index < -0.39 is 18.4 Å². The van der Waals surface area contributed by atoms with Gasteiger partial charge in [-0.1, -0.05) is 0 Å². The molecule has 11 heteroatoms. The van der Waals surface area contributed by atoms with Gasteiger partial charge in [0.25, 0.3) is 6.43 Å². The van der Waals surface area contributed by atoms with Crippen LogP contribution in [0, 0.1) is 6.92 Å². The minimum atomic E-state index is -2.64. The van der Waals surface area contributed by atoms with E-state index in [-0.39, 0.29) is 22.9 Å². The van der Waals surface area contributed by atoms with Crippen LogP contribution in [-0.2, 0) is 6.42 Å². The molecule has 5 rings (SSSR count). The van der Waals surface area contributed by atoms with E-state index in [0.29, 0.717) is 24.4 Å². The predicted molar refractivity (Wildman–Crippen MR) is 94.4 cm³/mol. The summed E-state index contributed by atoms with van der Waals surface area (Å²) >= 11 is 0. The van der Waals surface area contributed by atoms with Crippen molar-refractivity contribution in [2.45, 2.75) is 25.8 Å². The van der Waals surface area contributed by atoms with Crippen LogP contribution in [0.4, 0.5) is 8.78 Å². The summed E-state index contributed by atoms with van der Waals surface area (Å²) in [5.41, 5.74) is 2.06. The van der Waals surface area contributed by atoms with Crippen LogP contribution >= 0.6 is 0 Å². The van der Waals surface area contributed by atoms with E-state index in [0.717, 1.165) is 5.69 Å². The molecule has 0 bridgehead atoms. The van der Waals surface area contributed by atoms with Gasteiger partial charge in [-0.15, -0.1) is 10.2 Å². The number of alkyl halides is 2. The molecule has 4 aromatic heterocycles. The molecule has 29 heavy (non-hydrogen) atoms. The molecule has 0 saturated carbocycles. The lowest BCUT2D eigenvalue weighted by Gasteiger charge is -2.32. The van der Waals surface area contributed by atoms with Crippen LogP contribution in [0.2, 0.25) is 0 Å². The molecule has 1 aliphatic rings. The zero-order chi connectivity index (χ0) is 20.1. The van der Waals surface area contributed by atoms with Gasteiger partial charge in [-0.25, -0.2) is 18.3 Å². The summed E-state index contributed by atoms with van der Waals surface area (Å²) in [4.78, 5) is 22.0. The molecule has 4 aromatic rings. The fourth-order valence-electron chi connectivity index (χ4n) is 3.68. The molecule has 148 valence electrons. The highest BCUT2D eigenvalue weighted by atomic mass is 19.3. The van der Waals surface area contributed by atoms with Crippen molar-refractivity contribution in [2.75, 3.05) is 6.54 Å². The lowest BCUT2D eigenvalue weighted by Crippen LogP contribution is -2.41. The van der Waals surface area contributed by atoms with Gasteiger partial charge in [-0.3, -0.25) is 4.79 Å². The van der Waals surface area contributed by atoms with Crippen LogP contribution in [0.3, 0.4) is 0 Å². The van der Waals surface area contributed by atoms with Gasteiger partial charge in [-0.05, 0) is 18.2 Å². The van der Waals surface area contributed by atoms with Crippen molar-refractivity contribution >= 4 is 11.4 Å². The Balaban J connectivity index is 1.64. The van der Waals surface area contributed by atoms with E-state index >= 15 is 0 Å². The molecule has 1 amide bonds. The number of rotatable bonds is 3. The Kier molecular flexibility index (Phi) is 3.89. The number of aryl methyl sites for hydroxylation is 1. The second kappa shape index (κ2) is 6.47. The quantitative estimate of drug-likeness (QED) is 0.567. The molecular formula is C18H15F2N7O2. The highest BCUT2D eigenvalue weighted by Gasteiger charge is 2.38. The number of hydrogen-bond donors (Lipinski definition) is 1. The highest BCUT2D eigenvalue weighted by Crippen LogP contribution is 2.35. The Labute approximate surface area is 162 Å². The Morgan fingerprint density at radius 3 is 3.00 bits per heavy atom. The van der Waals surface area contributed by atoms with Gasteiger partial charge in [0.05, 0.1) is 23.2 Å². The standard InChI is InChI=1S/C18H15F2N7O2/c1-9-23-24-17(29-9)18(28)26-6-4-11-14(22-8-21-11)15(26)12-7-13-10(16(19)20)3-2-5-27(13)25-12/h2-3,5,7-8,15-16H,4,6H2,1H3,(H,21,22)/t15-/m1/s1. The molecule has 0 unspecified atom stereocenters. The summed E-state index contributed by atoms with van der Waals surface area (Å²) in [6.45, 7) is 1.95. The summed E-state index contributed by atoms with van der Waals surface area (Å²) in [5, 5.41) is 12.0. The number of imidazole rings is 1. The van der Waals surface area contributed by atoms with Crippen molar-refractivity contribution in [1.29, 1.82) is 0 Å². The monoisotopic (exact) mass is 399 g/mol. The third-order valence-electron chi connectivity index (χ3n) is 4.96. The van der Waals surface area contributed by atoms with Crippen molar-refractivity contribution in [3.63, 3.8) is 0 Å². The Bertz CT molecular complexity index is 1210. The van der Waals surface area contributed by atoms with Gasteiger partial charge in [0, 0.05) is 37.3 Å². The Morgan fingerprint density at radius 2 is 2.24 bits per heavy atom. The molecule has 0 saturated heterocycles. The SMILES string of the molecule is Cc1nnc(C(=O)N2CCc3[nH]cnc3[C@H]2c2cc3c(C(F)F)cccn3n2)o1. The summed E-state index contributed by atoms with van der Waals surface area (Å²) in [6.07, 6.45) is 1.05. The third kappa shape index (κ3) is 2.77. The fraction of sp³-hybridized carbons (Fsp3) is 0.278. The summed E-state index contributed by atoms with van der Waals surface area (Å²) in [6, 6.07) is 3.76. The second-order valence-corrected chi connectivity index (χ2v) is 6.71. The lowest BCUT2D eigenvalue weighted by molar-refractivity contribution is 0.0644. The van der Waals surface area contributed by atoms with E-state index in [1.807, 2.05) is 0 Å². The molecule has 0 aromatic carbocycles. The van der Waals surface area contributed by atoms with Crippen LogP contribution in [0.5, 0.6) is 0 Å². The maximum Gasteiger partial charge on any atom is 0.312 e. The molecule has 9 nitrogen and oxygen atoms in total. The zero-order valence-electron chi connectivity index (χ0n) is 15.2. The van der Waals surface area contributed by atoms with Gasteiger partial charge in [0.1, 0.15) is 6.04 Å². The number of pyridine rings is 1. The van der Waals surface area contributed by atoms with Gasteiger partial charge in [0.2, 0.25) is 5.89 Å². The first-order valence-electron chi connectivity index (χ1n) is 8.92. The average Bonchev–Trinajstić information content (AvgIpc) is 3.44. The van der Waals surface area contributed by atoms with Crippen LogP contribution in [0.25, 0.3) is 5.52 Å². The second-order valence-electron chi connectivity index (χ2n) is 6.71. The van der Waals surface area contributed by atoms with Crippen molar-refractivity contribution in [3.8, 4) is 0 Å². The number of halogens is 2. The number of hydrogen-bond acceptors (Lipinski definition) is 6. The molecule has 0 aliphatic carbocycles. The van der Waals surface area contributed by atoms with Gasteiger partial charge >= 0.3 is 11.8 Å². The number of amides is 1. The fourth-order valence-corrected chi connectivity index (χ4v) is 3.68. The molecular weight excluding hydrogens is 384 g/mol.